The van der Waals surface area contributed by atoms with Gasteiger partial charge in [0.2, 0.25) is 0 Å². The minimum absolute atomic E-state index is 0.0484. The molecule has 1 saturated carbocycles. The number of piperidine rings is 1. The van der Waals surface area contributed by atoms with Gasteiger partial charge < -0.3 is 19.3 Å². The molecule has 188 valence electrons. The smallest absolute Gasteiger partial charge is 0.356 e. The fraction of sp³-hybridized carbons (Fsp3) is 0.462. The van der Waals surface area contributed by atoms with E-state index in [4.69, 9.17) is 14.4 Å². The van der Waals surface area contributed by atoms with Crippen LogP contribution in [-0.2, 0) is 11.3 Å². The van der Waals surface area contributed by atoms with Gasteiger partial charge in [0.25, 0.3) is 0 Å². The predicted octanol–water partition coefficient (Wildman–Crippen LogP) is 4.95. The predicted molar refractivity (Wildman–Crippen MR) is 124 cm³/mol. The molecule has 4 atom stereocenters. The molecule has 2 aromatic heterocycles. The van der Waals surface area contributed by atoms with Crippen molar-refractivity contribution in [2.24, 2.45) is 5.92 Å². The number of carboxylic acids is 1. The molecule has 2 bridgehead atoms. The Bertz CT molecular complexity index is 1270. The average molecular weight is 497 g/mol. The molecular weight excluding hydrogens is 470 g/mol. The first-order valence-electron chi connectivity index (χ1n) is 12.3. The van der Waals surface area contributed by atoms with Gasteiger partial charge >= 0.3 is 5.97 Å². The van der Waals surface area contributed by atoms with Gasteiger partial charge in [0, 0.05) is 23.6 Å². The molecule has 1 N–H and O–H groups in total. The highest BCUT2D eigenvalue weighted by Gasteiger charge is 2.46. The van der Waals surface area contributed by atoms with Crippen molar-refractivity contribution in [3.63, 3.8) is 0 Å². The largest absolute Gasteiger partial charge is 0.476 e. The van der Waals surface area contributed by atoms with Gasteiger partial charge in [-0.3, -0.25) is 0 Å². The Morgan fingerprint density at radius 2 is 1.94 bits per heavy atom. The number of nitrogens with zero attached hydrogens (tertiary/aromatic N) is 4. The number of ether oxygens (including phenoxy) is 1. The van der Waals surface area contributed by atoms with Crippen LogP contribution in [-0.4, -0.2) is 44.4 Å². The zero-order valence-corrected chi connectivity index (χ0v) is 19.7. The average Bonchev–Trinajstić information content (AvgIpc) is 3.58. The maximum absolute atomic E-state index is 14.6. The zero-order chi connectivity index (χ0) is 25.0. The molecule has 3 fully saturated rings. The summed E-state index contributed by atoms with van der Waals surface area (Å²) < 4.78 is 41.0. The molecule has 6 rings (SSSR count). The maximum Gasteiger partial charge on any atom is 0.356 e. The van der Waals surface area contributed by atoms with Crippen molar-refractivity contribution in [1.29, 1.82) is 0 Å². The third-order valence-corrected chi connectivity index (χ3v) is 7.64. The number of aromatic nitrogens is 3. The molecule has 0 amide bonds. The highest BCUT2D eigenvalue weighted by Crippen LogP contribution is 2.46. The Labute approximate surface area is 206 Å². The van der Waals surface area contributed by atoms with E-state index < -0.39 is 17.6 Å². The van der Waals surface area contributed by atoms with E-state index >= 15 is 0 Å². The molecule has 2 aliphatic heterocycles. The van der Waals surface area contributed by atoms with Gasteiger partial charge in [-0.15, -0.1) is 0 Å². The zero-order valence-electron chi connectivity index (χ0n) is 19.7. The van der Waals surface area contributed by atoms with Gasteiger partial charge in [0.15, 0.2) is 5.69 Å². The lowest BCUT2D eigenvalue weighted by Gasteiger charge is -2.40. The summed E-state index contributed by atoms with van der Waals surface area (Å²) in [5.74, 6) is -0.508. The second-order valence-corrected chi connectivity index (χ2v) is 10.1. The molecule has 1 aliphatic carbocycles. The standard InChI is InChI=1S/C26H26F2N4O4/c1-13-7-15-8-16(9-21(13)32(15)22-11-29-20(10-30-22)26(33)34)35-12-17-24(31-36-25(17)14-5-6-14)23-18(27)3-2-4-19(23)28/h2-4,10-11,13-16,21H,5-9,12H2,1H3,(H,33,34). The van der Waals surface area contributed by atoms with Crippen molar-refractivity contribution < 1.29 is 27.9 Å². The molecule has 4 unspecified atom stereocenters. The summed E-state index contributed by atoms with van der Waals surface area (Å²) in [7, 11) is 0. The SMILES string of the molecule is CC1CC2CC(OCc3c(-c4c(F)cccc4F)noc3C3CC3)CC1N2c1cnc(C(=O)O)cn1. The molecular formula is C26H26F2N4O4. The van der Waals surface area contributed by atoms with E-state index in [0.29, 0.717) is 23.1 Å². The van der Waals surface area contributed by atoms with Crippen LogP contribution in [0, 0.1) is 17.6 Å². The summed E-state index contributed by atoms with van der Waals surface area (Å²) in [5, 5.41) is 13.2. The molecule has 4 heterocycles. The van der Waals surface area contributed by atoms with E-state index in [1.165, 1.54) is 30.6 Å². The van der Waals surface area contributed by atoms with Gasteiger partial charge in [-0.05, 0) is 50.2 Å². The number of hydrogen-bond acceptors (Lipinski definition) is 7. The van der Waals surface area contributed by atoms with Crippen molar-refractivity contribution in [1.82, 2.24) is 15.1 Å². The normalized spacial score (nSPS) is 25.4. The van der Waals surface area contributed by atoms with E-state index in [0.717, 1.165) is 32.1 Å². The molecule has 3 aromatic rings. The minimum atomic E-state index is -1.11. The number of halogens is 2. The Hall–Kier alpha value is -3.40. The van der Waals surface area contributed by atoms with E-state index in [9.17, 15) is 13.6 Å². The van der Waals surface area contributed by atoms with Crippen LogP contribution in [0.3, 0.4) is 0 Å². The van der Waals surface area contributed by atoms with Crippen LogP contribution in [0.15, 0.2) is 35.1 Å². The van der Waals surface area contributed by atoms with Gasteiger partial charge in [-0.1, -0.05) is 18.1 Å². The minimum Gasteiger partial charge on any atom is -0.476 e. The number of fused-ring (bicyclic) bond motifs is 2. The van der Waals surface area contributed by atoms with Crippen LogP contribution in [0.2, 0.25) is 0 Å². The summed E-state index contributed by atoms with van der Waals surface area (Å²) in [5.41, 5.74) is 0.535. The summed E-state index contributed by atoms with van der Waals surface area (Å²) >= 11 is 0. The second kappa shape index (κ2) is 8.92. The highest BCUT2D eigenvalue weighted by molar-refractivity contribution is 5.84. The van der Waals surface area contributed by atoms with Gasteiger partial charge in [0.1, 0.15) is 28.9 Å². The summed E-state index contributed by atoms with van der Waals surface area (Å²) in [6.45, 7) is 2.37. The van der Waals surface area contributed by atoms with Gasteiger partial charge in [-0.2, -0.15) is 0 Å². The highest BCUT2D eigenvalue weighted by atomic mass is 19.1. The number of benzene rings is 1. The van der Waals surface area contributed by atoms with Crippen LogP contribution in [0.1, 0.15) is 66.8 Å². The van der Waals surface area contributed by atoms with Crippen LogP contribution in [0.4, 0.5) is 14.6 Å². The second-order valence-electron chi connectivity index (χ2n) is 10.1. The van der Waals surface area contributed by atoms with Crippen LogP contribution < -0.4 is 4.90 Å². The fourth-order valence-electron chi connectivity index (χ4n) is 5.78. The third-order valence-electron chi connectivity index (χ3n) is 7.64. The van der Waals surface area contributed by atoms with Gasteiger partial charge in [-0.25, -0.2) is 23.5 Å². The summed E-state index contributed by atoms with van der Waals surface area (Å²) in [6, 6.07) is 4.12. The van der Waals surface area contributed by atoms with Gasteiger partial charge in [0.05, 0.1) is 30.7 Å². The summed E-state index contributed by atoms with van der Waals surface area (Å²) in [4.78, 5) is 21.8. The lowest BCUT2D eigenvalue weighted by atomic mass is 9.97. The molecule has 10 heteroatoms. The Morgan fingerprint density at radius 3 is 2.58 bits per heavy atom. The Morgan fingerprint density at radius 1 is 1.17 bits per heavy atom. The van der Waals surface area contributed by atoms with Crippen molar-refractivity contribution in [2.45, 2.75) is 69.7 Å². The van der Waals surface area contributed by atoms with E-state index in [-0.39, 0.29) is 47.7 Å². The van der Waals surface area contributed by atoms with E-state index in [2.05, 4.69) is 26.9 Å². The molecule has 8 nitrogen and oxygen atoms in total. The molecule has 3 aliphatic rings. The van der Waals surface area contributed by atoms with E-state index in [1.807, 2.05) is 0 Å². The Balaban J connectivity index is 1.21. The number of rotatable bonds is 7. The Kier molecular flexibility index (Phi) is 5.70. The fourth-order valence-corrected chi connectivity index (χ4v) is 5.78. The van der Waals surface area contributed by atoms with Crippen molar-refractivity contribution in [3.05, 3.63) is 59.2 Å². The maximum atomic E-state index is 14.6. The number of carboxylic acid groups (broad SMARTS) is 1. The van der Waals surface area contributed by atoms with Crippen LogP contribution in [0.5, 0.6) is 0 Å². The first-order chi connectivity index (χ1) is 17.4. The number of anilines is 1. The molecule has 36 heavy (non-hydrogen) atoms. The van der Waals surface area contributed by atoms with Crippen LogP contribution >= 0.6 is 0 Å². The first-order valence-corrected chi connectivity index (χ1v) is 12.3. The third kappa shape index (κ3) is 4.03. The van der Waals surface area contributed by atoms with Crippen molar-refractivity contribution in [2.75, 3.05) is 4.90 Å². The lowest BCUT2D eigenvalue weighted by Crippen LogP contribution is -2.47. The van der Waals surface area contributed by atoms with Crippen LogP contribution in [0.25, 0.3) is 11.3 Å². The monoisotopic (exact) mass is 496 g/mol. The summed E-state index contributed by atoms with van der Waals surface area (Å²) in [6.07, 6.45) is 7.18. The van der Waals surface area contributed by atoms with Crippen molar-refractivity contribution >= 4 is 11.8 Å². The molecule has 2 saturated heterocycles. The molecule has 1 aromatic carbocycles. The van der Waals surface area contributed by atoms with Crippen molar-refractivity contribution in [3.8, 4) is 11.3 Å². The number of carbonyl (C=O) groups is 1. The first kappa shape index (κ1) is 23.0. The molecule has 0 spiro atoms. The van der Waals surface area contributed by atoms with E-state index in [1.54, 1.807) is 0 Å². The quantitative estimate of drug-likeness (QED) is 0.490. The topological polar surface area (TPSA) is 102 Å². The number of aromatic carboxylic acids is 1. The lowest BCUT2D eigenvalue weighted by molar-refractivity contribution is 0.0134. The molecule has 0 radical (unpaired) electrons. The number of hydrogen-bond donors (Lipinski definition) is 1.